The van der Waals surface area contributed by atoms with Gasteiger partial charge >= 0.3 is 0 Å². The Morgan fingerprint density at radius 2 is 2.21 bits per heavy atom. The molecule has 2 amide bonds. The second kappa shape index (κ2) is 5.84. The Bertz CT molecular complexity index is 499. The lowest BCUT2D eigenvalue weighted by Gasteiger charge is -2.14. The number of rotatable bonds is 4. The van der Waals surface area contributed by atoms with Crippen LogP contribution in [0.15, 0.2) is 18.2 Å². The van der Waals surface area contributed by atoms with Gasteiger partial charge in [-0.25, -0.2) is 0 Å². The lowest BCUT2D eigenvalue weighted by molar-refractivity contribution is -0.116. The number of nitrogens with two attached hydrogens (primary N) is 1. The molecule has 5 nitrogen and oxygen atoms in total. The smallest absolute Gasteiger partial charge is 0.251 e. The van der Waals surface area contributed by atoms with Crippen molar-refractivity contribution in [2.45, 2.75) is 19.8 Å². The molecule has 0 unspecified atom stereocenters. The Labute approximate surface area is 112 Å². The lowest BCUT2D eigenvalue weighted by atomic mass is 10.1. The average Bonchev–Trinajstić information content (AvgIpc) is 2.81. The first-order valence-electron chi connectivity index (χ1n) is 6.53. The van der Waals surface area contributed by atoms with E-state index in [2.05, 4.69) is 5.32 Å². The molecule has 0 fully saturated rings. The van der Waals surface area contributed by atoms with Crippen LogP contribution in [-0.2, 0) is 11.2 Å². The van der Waals surface area contributed by atoms with Crippen molar-refractivity contribution in [1.29, 1.82) is 0 Å². The van der Waals surface area contributed by atoms with Gasteiger partial charge in [0.05, 0.1) is 0 Å². The van der Waals surface area contributed by atoms with E-state index in [0.717, 1.165) is 24.1 Å². The topological polar surface area (TPSA) is 75.4 Å². The van der Waals surface area contributed by atoms with Gasteiger partial charge in [-0.15, -0.1) is 0 Å². The highest BCUT2D eigenvalue weighted by Gasteiger charge is 2.22. The molecule has 1 aromatic carbocycles. The minimum Gasteiger partial charge on any atom is -0.352 e. The lowest BCUT2D eigenvalue weighted by Crippen LogP contribution is -2.26. The maximum Gasteiger partial charge on any atom is 0.251 e. The molecule has 1 aromatic rings. The van der Waals surface area contributed by atoms with E-state index >= 15 is 0 Å². The minimum atomic E-state index is -0.0856. The first-order valence-corrected chi connectivity index (χ1v) is 6.53. The Hall–Kier alpha value is -1.88. The molecule has 0 saturated heterocycles. The number of nitrogens with zero attached hydrogens (tertiary/aromatic N) is 1. The Morgan fingerprint density at radius 3 is 2.89 bits per heavy atom. The third kappa shape index (κ3) is 2.93. The van der Waals surface area contributed by atoms with Crippen LogP contribution in [0.2, 0.25) is 0 Å². The minimum absolute atomic E-state index is 0.0406. The zero-order valence-electron chi connectivity index (χ0n) is 11.1. The van der Waals surface area contributed by atoms with E-state index in [1.54, 1.807) is 17.9 Å². The number of carbonyl (C=O) groups excluding carboxylic acids is 2. The Kier molecular flexibility index (Phi) is 4.16. The number of amides is 2. The molecule has 0 saturated carbocycles. The molecule has 1 aliphatic heterocycles. The molecule has 0 bridgehead atoms. The number of hydrogen-bond donors (Lipinski definition) is 2. The third-order valence-electron chi connectivity index (χ3n) is 3.28. The molecule has 0 aliphatic carbocycles. The molecule has 0 radical (unpaired) electrons. The highest BCUT2D eigenvalue weighted by molar-refractivity contribution is 5.97. The molecule has 3 N–H and O–H groups in total. The van der Waals surface area contributed by atoms with Crippen LogP contribution in [0.4, 0.5) is 5.69 Å². The number of carbonyl (C=O) groups is 2. The summed E-state index contributed by atoms with van der Waals surface area (Å²) in [5, 5.41) is 2.83. The van der Waals surface area contributed by atoms with Gasteiger partial charge in [-0.2, -0.15) is 0 Å². The van der Waals surface area contributed by atoms with E-state index in [4.69, 9.17) is 5.73 Å². The van der Waals surface area contributed by atoms with E-state index in [1.165, 1.54) is 0 Å². The fourth-order valence-electron chi connectivity index (χ4n) is 2.28. The van der Waals surface area contributed by atoms with E-state index in [0.29, 0.717) is 25.2 Å². The van der Waals surface area contributed by atoms with E-state index < -0.39 is 0 Å². The van der Waals surface area contributed by atoms with E-state index in [9.17, 15) is 9.59 Å². The van der Waals surface area contributed by atoms with Gasteiger partial charge in [-0.05, 0) is 43.1 Å². The predicted octanol–water partition coefficient (Wildman–Crippen LogP) is 0.674. The van der Waals surface area contributed by atoms with Gasteiger partial charge in [0.1, 0.15) is 0 Å². The summed E-state index contributed by atoms with van der Waals surface area (Å²) in [6.07, 6.45) is 1.58. The summed E-state index contributed by atoms with van der Waals surface area (Å²) in [7, 11) is 0. The van der Waals surface area contributed by atoms with Crippen molar-refractivity contribution in [3.8, 4) is 0 Å². The standard InChI is InChI=1S/C14H19N3O2/c1-10(18)17-8-5-11-9-12(3-4-13(11)17)14(19)16-7-2-6-15/h3-4,9H,2,5-8,15H2,1H3,(H,16,19). The highest BCUT2D eigenvalue weighted by Crippen LogP contribution is 2.28. The second-order valence-electron chi connectivity index (χ2n) is 4.66. The first kappa shape index (κ1) is 13.5. The van der Waals surface area contributed by atoms with Crippen LogP contribution < -0.4 is 16.0 Å². The van der Waals surface area contributed by atoms with E-state index in [1.807, 2.05) is 12.1 Å². The van der Waals surface area contributed by atoms with Crippen molar-refractivity contribution >= 4 is 17.5 Å². The van der Waals surface area contributed by atoms with Crippen molar-refractivity contribution in [2.75, 3.05) is 24.5 Å². The molecule has 19 heavy (non-hydrogen) atoms. The molecule has 2 rings (SSSR count). The fourth-order valence-corrected chi connectivity index (χ4v) is 2.28. The molecule has 0 atom stereocenters. The number of fused-ring (bicyclic) bond motifs is 1. The van der Waals surface area contributed by atoms with Gasteiger partial charge < -0.3 is 16.0 Å². The predicted molar refractivity (Wildman–Crippen MR) is 74.2 cm³/mol. The zero-order chi connectivity index (χ0) is 13.8. The van der Waals surface area contributed by atoms with E-state index in [-0.39, 0.29) is 11.8 Å². The number of benzene rings is 1. The largest absolute Gasteiger partial charge is 0.352 e. The van der Waals surface area contributed by atoms with Crippen LogP contribution in [0.3, 0.4) is 0 Å². The Morgan fingerprint density at radius 1 is 1.42 bits per heavy atom. The molecule has 1 heterocycles. The SMILES string of the molecule is CC(=O)N1CCc2cc(C(=O)NCCCN)ccc21. The fraction of sp³-hybridized carbons (Fsp3) is 0.429. The summed E-state index contributed by atoms with van der Waals surface area (Å²) in [5.74, 6) is -0.0450. The van der Waals surface area contributed by atoms with Crippen molar-refractivity contribution in [2.24, 2.45) is 5.73 Å². The van der Waals surface area contributed by atoms with Crippen LogP contribution in [0.5, 0.6) is 0 Å². The van der Waals surface area contributed by atoms with Crippen LogP contribution in [-0.4, -0.2) is 31.4 Å². The van der Waals surface area contributed by atoms with Gasteiger partial charge in [0, 0.05) is 31.3 Å². The molecule has 0 aromatic heterocycles. The quantitative estimate of drug-likeness (QED) is 0.782. The molecule has 5 heteroatoms. The summed E-state index contributed by atoms with van der Waals surface area (Å²) in [6.45, 7) is 3.41. The van der Waals surface area contributed by atoms with Crippen LogP contribution in [0, 0.1) is 0 Å². The van der Waals surface area contributed by atoms with Crippen LogP contribution >= 0.6 is 0 Å². The summed E-state index contributed by atoms with van der Waals surface area (Å²) in [4.78, 5) is 25.1. The normalized spacial score (nSPS) is 13.3. The maximum atomic E-state index is 11.9. The average molecular weight is 261 g/mol. The van der Waals surface area contributed by atoms with Crippen molar-refractivity contribution < 1.29 is 9.59 Å². The molecular weight excluding hydrogens is 242 g/mol. The number of nitrogens with one attached hydrogen (secondary N) is 1. The van der Waals surface area contributed by atoms with Crippen molar-refractivity contribution in [1.82, 2.24) is 5.32 Å². The molecular formula is C14H19N3O2. The van der Waals surface area contributed by atoms with Gasteiger partial charge in [0.2, 0.25) is 5.91 Å². The summed E-state index contributed by atoms with van der Waals surface area (Å²) >= 11 is 0. The number of hydrogen-bond acceptors (Lipinski definition) is 3. The third-order valence-corrected chi connectivity index (χ3v) is 3.28. The van der Waals surface area contributed by atoms with Crippen molar-refractivity contribution in [3.63, 3.8) is 0 Å². The van der Waals surface area contributed by atoms with Gasteiger partial charge in [0.15, 0.2) is 0 Å². The Balaban J connectivity index is 2.10. The van der Waals surface area contributed by atoms with Crippen molar-refractivity contribution in [3.05, 3.63) is 29.3 Å². The summed E-state index contributed by atoms with van der Waals surface area (Å²) in [6, 6.07) is 5.48. The number of anilines is 1. The monoisotopic (exact) mass is 261 g/mol. The molecule has 102 valence electrons. The summed E-state index contributed by atoms with van der Waals surface area (Å²) in [5.41, 5.74) is 8.00. The first-order chi connectivity index (χ1) is 9.13. The summed E-state index contributed by atoms with van der Waals surface area (Å²) < 4.78 is 0. The van der Waals surface area contributed by atoms with Gasteiger partial charge in [0.25, 0.3) is 5.91 Å². The van der Waals surface area contributed by atoms with Crippen LogP contribution in [0.25, 0.3) is 0 Å². The second-order valence-corrected chi connectivity index (χ2v) is 4.66. The molecule has 1 aliphatic rings. The zero-order valence-corrected chi connectivity index (χ0v) is 11.1. The van der Waals surface area contributed by atoms with Gasteiger partial charge in [-0.3, -0.25) is 9.59 Å². The van der Waals surface area contributed by atoms with Gasteiger partial charge in [-0.1, -0.05) is 0 Å². The van der Waals surface area contributed by atoms with Crippen LogP contribution in [0.1, 0.15) is 29.3 Å². The molecule has 0 spiro atoms. The highest BCUT2D eigenvalue weighted by atomic mass is 16.2. The maximum absolute atomic E-state index is 11.9.